The fraction of sp³-hybridized carbons (Fsp3) is 0.854. The Labute approximate surface area is 390 Å². The number of aliphatic carboxylic acids is 2. The molecule has 0 heterocycles. The summed E-state index contributed by atoms with van der Waals surface area (Å²) in [6, 6.07) is 0. The van der Waals surface area contributed by atoms with Crippen LogP contribution in [0.4, 0.5) is 0 Å². The number of nitrogens with one attached hydrogen (secondary N) is 3. The molecule has 65 heavy (non-hydrogen) atoms. The molecule has 0 radical (unpaired) electrons. The van der Waals surface area contributed by atoms with Crippen molar-refractivity contribution in [3.8, 4) is 0 Å². The van der Waals surface area contributed by atoms with Crippen LogP contribution in [0.5, 0.6) is 0 Å². The van der Waals surface area contributed by atoms with Gasteiger partial charge in [-0.05, 0) is 38.0 Å². The Kier molecular flexibility index (Phi) is 48.5. The van der Waals surface area contributed by atoms with Crippen molar-refractivity contribution in [2.75, 3.05) is 72.5 Å². The molecular formula is C48H90N4O13. The number of ether oxygens (including phenoxy) is 4. The van der Waals surface area contributed by atoms with Crippen LogP contribution < -0.4 is 21.7 Å². The summed E-state index contributed by atoms with van der Waals surface area (Å²) in [5.74, 6) is -1.05. The van der Waals surface area contributed by atoms with Gasteiger partial charge >= 0.3 is 11.9 Å². The summed E-state index contributed by atoms with van der Waals surface area (Å²) in [6.45, 7) is 7.03. The molecule has 0 aliphatic heterocycles. The van der Waals surface area contributed by atoms with Crippen LogP contribution in [0.1, 0.15) is 181 Å². The Hall–Kier alpha value is -3.67. The van der Waals surface area contributed by atoms with E-state index in [0.717, 1.165) is 38.1 Å². The van der Waals surface area contributed by atoms with Crippen LogP contribution in [0, 0.1) is 11.8 Å². The number of hydrogen-bond donors (Lipinski definition) is 6. The lowest BCUT2D eigenvalue weighted by molar-refractivity contribution is -0.138. The highest BCUT2D eigenvalue weighted by Gasteiger charge is 2.14. The van der Waals surface area contributed by atoms with E-state index in [2.05, 4.69) is 21.7 Å². The van der Waals surface area contributed by atoms with Crippen molar-refractivity contribution in [1.29, 1.82) is 0 Å². The average molecular weight is 931 g/mol. The summed E-state index contributed by atoms with van der Waals surface area (Å²) in [6.07, 6.45) is 28.5. The van der Waals surface area contributed by atoms with Gasteiger partial charge in [-0.25, -0.2) is 0 Å². The number of carbonyl (C=O) groups is 7. The van der Waals surface area contributed by atoms with Gasteiger partial charge in [0, 0.05) is 51.2 Å². The van der Waals surface area contributed by atoms with Crippen molar-refractivity contribution in [2.24, 2.45) is 17.6 Å². The number of amides is 4. The van der Waals surface area contributed by atoms with Gasteiger partial charge in [0.2, 0.25) is 24.1 Å². The van der Waals surface area contributed by atoms with Gasteiger partial charge in [0.05, 0.1) is 39.6 Å². The van der Waals surface area contributed by atoms with Crippen molar-refractivity contribution in [1.82, 2.24) is 16.0 Å². The van der Waals surface area contributed by atoms with Crippen LogP contribution in [0.25, 0.3) is 0 Å². The summed E-state index contributed by atoms with van der Waals surface area (Å²) in [4.78, 5) is 75.6. The molecule has 4 amide bonds. The minimum absolute atomic E-state index is 0.0292. The van der Waals surface area contributed by atoms with Gasteiger partial charge in [-0.15, -0.1) is 0 Å². The van der Waals surface area contributed by atoms with Crippen molar-refractivity contribution in [3.63, 3.8) is 0 Å². The quantitative estimate of drug-likeness (QED) is 0.0277. The maximum atomic E-state index is 11.9. The number of ketones is 1. The Morgan fingerprint density at radius 2 is 0.877 bits per heavy atom. The molecule has 0 atom stereocenters. The van der Waals surface area contributed by atoms with Crippen molar-refractivity contribution >= 4 is 41.9 Å². The number of rotatable bonds is 42. The van der Waals surface area contributed by atoms with E-state index in [1.54, 1.807) is 0 Å². The van der Waals surface area contributed by atoms with Crippen molar-refractivity contribution < 1.29 is 62.7 Å². The minimum atomic E-state index is -0.921. The fourth-order valence-corrected chi connectivity index (χ4v) is 6.78. The summed E-state index contributed by atoms with van der Waals surface area (Å²) < 4.78 is 20.9. The average Bonchev–Trinajstić information content (AvgIpc) is 3.27. The maximum Gasteiger partial charge on any atom is 0.303 e. The smallest absolute Gasteiger partial charge is 0.303 e. The maximum absolute atomic E-state index is 11.9. The zero-order valence-corrected chi connectivity index (χ0v) is 40.4. The minimum Gasteiger partial charge on any atom is -0.481 e. The van der Waals surface area contributed by atoms with Crippen LogP contribution in [0.3, 0.4) is 0 Å². The number of hydrogen-bond acceptors (Lipinski definition) is 11. The lowest BCUT2D eigenvalue weighted by Gasteiger charge is -2.21. The lowest BCUT2D eigenvalue weighted by Crippen LogP contribution is -2.31. The first-order valence-corrected chi connectivity index (χ1v) is 24.7. The summed E-state index contributed by atoms with van der Waals surface area (Å²) >= 11 is 0. The van der Waals surface area contributed by atoms with Gasteiger partial charge in [-0.1, -0.05) is 123 Å². The highest BCUT2D eigenvalue weighted by molar-refractivity contribution is 5.81. The fourth-order valence-electron chi connectivity index (χ4n) is 6.78. The summed E-state index contributed by atoms with van der Waals surface area (Å²) in [7, 11) is 0. The van der Waals surface area contributed by atoms with Gasteiger partial charge in [-0.3, -0.25) is 33.6 Å². The Morgan fingerprint density at radius 3 is 1.34 bits per heavy atom. The zero-order valence-electron chi connectivity index (χ0n) is 40.4. The van der Waals surface area contributed by atoms with E-state index in [1.165, 1.54) is 116 Å². The summed E-state index contributed by atoms with van der Waals surface area (Å²) in [5, 5.41) is 25.5. The van der Waals surface area contributed by atoms with E-state index in [1.807, 2.05) is 13.8 Å². The predicted octanol–water partition coefficient (Wildman–Crippen LogP) is 6.66. The third kappa shape index (κ3) is 52.8. The molecule has 1 aliphatic carbocycles. The predicted molar refractivity (Wildman–Crippen MR) is 251 cm³/mol. The first-order chi connectivity index (χ1) is 31.4. The molecule has 0 aromatic carbocycles. The second-order valence-corrected chi connectivity index (χ2v) is 16.9. The number of Topliss-reactive ketones (excluding diaryl/α,β-unsaturated/α-hetero) is 1. The first kappa shape index (κ1) is 63.4. The van der Waals surface area contributed by atoms with E-state index in [-0.39, 0.29) is 75.1 Å². The SMILES string of the molecule is CC(C)C(=O)COCCOCCNC(=O)COCCOCCNC(=O)CCCC(=O)O.NC=O.O=C(O)CCCCCCCCCCCCCCCCCCC(=O)NCC1CCCCC1. The number of primary amides is 1. The van der Waals surface area contributed by atoms with E-state index in [4.69, 9.17) is 34.0 Å². The second-order valence-electron chi connectivity index (χ2n) is 16.9. The number of unbranched alkanes of at least 4 members (excludes halogenated alkanes) is 15. The van der Waals surface area contributed by atoms with E-state index in [9.17, 15) is 28.8 Å². The van der Waals surface area contributed by atoms with E-state index < -0.39 is 11.9 Å². The Bertz CT molecular complexity index is 1190. The first-order valence-electron chi connectivity index (χ1n) is 24.7. The molecule has 0 bridgehead atoms. The highest BCUT2D eigenvalue weighted by Crippen LogP contribution is 2.23. The molecule has 0 spiro atoms. The van der Waals surface area contributed by atoms with Crippen molar-refractivity contribution in [2.45, 2.75) is 181 Å². The number of carboxylic acids is 2. The molecule has 0 saturated heterocycles. The van der Waals surface area contributed by atoms with Gasteiger partial charge < -0.3 is 50.8 Å². The topological polar surface area (TPSA) is 259 Å². The van der Waals surface area contributed by atoms with Crippen LogP contribution in [-0.2, 0) is 52.5 Å². The molecule has 1 saturated carbocycles. The Balaban J connectivity index is 0. The number of carbonyl (C=O) groups excluding carboxylic acids is 5. The van der Waals surface area contributed by atoms with Gasteiger partial charge in [-0.2, -0.15) is 0 Å². The molecule has 17 heteroatoms. The monoisotopic (exact) mass is 931 g/mol. The van der Waals surface area contributed by atoms with Gasteiger partial charge in [0.15, 0.2) is 5.78 Å². The van der Waals surface area contributed by atoms with Crippen LogP contribution >= 0.6 is 0 Å². The van der Waals surface area contributed by atoms with Crippen molar-refractivity contribution in [3.05, 3.63) is 0 Å². The molecule has 380 valence electrons. The molecule has 0 unspecified atom stereocenters. The largest absolute Gasteiger partial charge is 0.481 e. The Morgan fingerprint density at radius 1 is 0.508 bits per heavy atom. The molecule has 1 aliphatic rings. The zero-order chi connectivity index (χ0) is 48.4. The van der Waals surface area contributed by atoms with Crippen LogP contribution in [0.15, 0.2) is 0 Å². The van der Waals surface area contributed by atoms with Crippen LogP contribution in [0.2, 0.25) is 0 Å². The third-order valence-corrected chi connectivity index (χ3v) is 10.7. The van der Waals surface area contributed by atoms with Gasteiger partial charge in [0.1, 0.15) is 13.2 Å². The number of nitrogens with two attached hydrogens (primary N) is 1. The molecule has 17 nitrogen and oxygen atoms in total. The second kappa shape index (κ2) is 49.8. The normalized spacial score (nSPS) is 12.3. The highest BCUT2D eigenvalue weighted by atomic mass is 16.5. The third-order valence-electron chi connectivity index (χ3n) is 10.7. The lowest BCUT2D eigenvalue weighted by atomic mass is 9.89. The molecule has 0 aromatic rings. The van der Waals surface area contributed by atoms with Crippen LogP contribution in [-0.4, -0.2) is 125 Å². The standard InChI is InChI=1S/C27H51NO3.C20H36N2O9.CH3NO/c29-26(28-24-25-20-16-15-17-21-25)22-18-13-11-9-7-5-3-1-2-4-6-8-10-12-14-19-23-27(30)31;1-16(2)17(23)14-30-12-10-29-9-7-22-19(25)15-31-13-11-28-8-6-21-18(24)4-3-5-20(26)27;2-1-3/h25H,1-24H2,(H,28,29)(H,30,31);16H,3-15H2,1-2H3,(H,21,24)(H,22,25)(H,26,27);1H,(H2,2,3). The van der Waals surface area contributed by atoms with Gasteiger partial charge in [0.25, 0.3) is 0 Å². The molecule has 7 N–H and O–H groups in total. The molecular weight excluding hydrogens is 841 g/mol. The van der Waals surface area contributed by atoms with E-state index in [0.29, 0.717) is 52.4 Å². The number of carboxylic acid groups (broad SMARTS) is 2. The summed E-state index contributed by atoms with van der Waals surface area (Å²) in [5.41, 5.74) is 4.17. The molecule has 1 rings (SSSR count). The molecule has 0 aromatic heterocycles. The molecule has 1 fully saturated rings. The van der Waals surface area contributed by atoms with E-state index >= 15 is 0 Å².